The van der Waals surface area contributed by atoms with Crippen molar-refractivity contribution < 1.29 is 39.1 Å². The number of sulfone groups is 1. The maximum Gasteiger partial charge on any atom is 0.294 e. The molecule has 0 bridgehead atoms. The molecule has 2 aromatic carbocycles. The highest BCUT2D eigenvalue weighted by molar-refractivity contribution is 7.99. The Morgan fingerprint density at radius 2 is 1.09 bits per heavy atom. The molecule has 12 heteroatoms. The fraction of sp³-hybridized carbons (Fsp3) is 0.200. The van der Waals surface area contributed by atoms with Gasteiger partial charge in [0.2, 0.25) is 9.84 Å². The van der Waals surface area contributed by atoms with Crippen LogP contribution < -0.4 is 0 Å². The first-order chi connectivity index (χ1) is 14.9. The topological polar surface area (TPSA) is 152 Å². The molecule has 0 unspecified atom stereocenters. The fourth-order valence-electron chi connectivity index (χ4n) is 4.30. The van der Waals surface area contributed by atoms with Crippen LogP contribution in [0.2, 0.25) is 0 Å². The normalized spacial score (nSPS) is 19.4. The first kappa shape index (κ1) is 21.3. The molecular weight excluding hydrogens is 480 g/mol. The van der Waals surface area contributed by atoms with Crippen LogP contribution in [0, 0.1) is 0 Å². The van der Waals surface area contributed by atoms with Crippen LogP contribution in [-0.2, 0) is 47.7 Å². The smallest absolute Gasteiger partial charge is 0.294 e. The number of fused-ring (bicyclic) bond motifs is 4. The standard InChI is InChI=1S/C20H16O9S3/c21-30(22)17-7-3-11-1-5-13(31(23,24)25)9-15(11)19(17)29-20-16-10-14(32(26,27)28)6-2-12(16)4-8-18(20)30/h1-2,5-6,9-10H,3-4,7-8H2,(H,23,24,25)(H,26,27,28). The van der Waals surface area contributed by atoms with Crippen LogP contribution in [0.5, 0.6) is 0 Å². The maximum atomic E-state index is 13.4. The molecule has 2 aliphatic carbocycles. The van der Waals surface area contributed by atoms with Gasteiger partial charge < -0.3 is 4.74 Å². The van der Waals surface area contributed by atoms with E-state index in [0.717, 1.165) is 0 Å². The van der Waals surface area contributed by atoms with E-state index in [1.54, 1.807) is 0 Å². The second-order valence-electron chi connectivity index (χ2n) is 7.70. The highest BCUT2D eigenvalue weighted by Gasteiger charge is 2.41. The van der Waals surface area contributed by atoms with Gasteiger partial charge in [-0.15, -0.1) is 0 Å². The van der Waals surface area contributed by atoms with E-state index >= 15 is 0 Å². The summed E-state index contributed by atoms with van der Waals surface area (Å²) in [5.74, 6) is -0.0822. The van der Waals surface area contributed by atoms with Gasteiger partial charge in [-0.05, 0) is 61.1 Å². The zero-order valence-electron chi connectivity index (χ0n) is 16.3. The number of aryl methyl sites for hydroxylation is 2. The Hall–Kier alpha value is -2.51. The molecule has 0 amide bonds. The molecule has 1 heterocycles. The van der Waals surface area contributed by atoms with E-state index in [1.807, 2.05) is 0 Å². The van der Waals surface area contributed by atoms with Crippen LogP contribution in [0.1, 0.15) is 35.1 Å². The van der Waals surface area contributed by atoms with Crippen molar-refractivity contribution in [1.29, 1.82) is 0 Å². The van der Waals surface area contributed by atoms with Gasteiger partial charge in [-0.2, -0.15) is 16.8 Å². The molecule has 0 spiro atoms. The number of hydrogen-bond acceptors (Lipinski definition) is 7. The third-order valence-electron chi connectivity index (χ3n) is 5.85. The van der Waals surface area contributed by atoms with Gasteiger partial charge >= 0.3 is 0 Å². The zero-order valence-corrected chi connectivity index (χ0v) is 18.7. The molecule has 32 heavy (non-hydrogen) atoms. The highest BCUT2D eigenvalue weighted by atomic mass is 32.2. The van der Waals surface area contributed by atoms with Gasteiger partial charge in [0.05, 0.1) is 19.6 Å². The molecule has 2 aromatic rings. The first-order valence-corrected chi connectivity index (χ1v) is 13.8. The molecule has 9 nitrogen and oxygen atoms in total. The van der Waals surface area contributed by atoms with E-state index < -0.39 is 39.9 Å². The zero-order chi connectivity index (χ0) is 23.1. The van der Waals surface area contributed by atoms with E-state index in [4.69, 9.17) is 4.74 Å². The van der Waals surface area contributed by atoms with Gasteiger partial charge in [-0.1, -0.05) is 12.1 Å². The lowest BCUT2D eigenvalue weighted by Gasteiger charge is -2.33. The minimum Gasteiger partial charge on any atom is -0.454 e. The van der Waals surface area contributed by atoms with Gasteiger partial charge in [-0.3, -0.25) is 9.11 Å². The Balaban J connectivity index is 1.73. The highest BCUT2D eigenvalue weighted by Crippen LogP contribution is 2.49. The number of benzene rings is 2. The monoisotopic (exact) mass is 496 g/mol. The molecular formula is C20H16O9S3. The van der Waals surface area contributed by atoms with Crippen LogP contribution >= 0.6 is 0 Å². The summed E-state index contributed by atoms with van der Waals surface area (Å²) < 4.78 is 98.2. The van der Waals surface area contributed by atoms with E-state index in [2.05, 4.69) is 0 Å². The van der Waals surface area contributed by atoms with Crippen LogP contribution in [-0.4, -0.2) is 34.4 Å². The third-order valence-corrected chi connectivity index (χ3v) is 9.63. The number of hydrogen-bond donors (Lipinski definition) is 2. The van der Waals surface area contributed by atoms with Gasteiger partial charge in [0.15, 0.2) is 0 Å². The fourth-order valence-corrected chi connectivity index (χ4v) is 7.15. The van der Waals surface area contributed by atoms with Crippen molar-refractivity contribution in [2.75, 3.05) is 0 Å². The molecule has 1 aliphatic heterocycles. The van der Waals surface area contributed by atoms with Crippen LogP contribution in [0.3, 0.4) is 0 Å². The summed E-state index contributed by atoms with van der Waals surface area (Å²) in [5.41, 5.74) is 1.76. The van der Waals surface area contributed by atoms with Gasteiger partial charge in [0.1, 0.15) is 11.5 Å². The van der Waals surface area contributed by atoms with E-state index in [-0.39, 0.29) is 45.3 Å². The Bertz CT molecular complexity index is 1480. The Morgan fingerprint density at radius 3 is 1.47 bits per heavy atom. The summed E-state index contributed by atoms with van der Waals surface area (Å²) in [6.07, 6.45) is 0.998. The summed E-state index contributed by atoms with van der Waals surface area (Å²) in [5, 5.41) is 0. The summed E-state index contributed by atoms with van der Waals surface area (Å²) in [6.45, 7) is 0. The Labute approximate surface area is 184 Å². The Kier molecular flexibility index (Phi) is 4.50. The number of ether oxygens (including phenoxy) is 1. The summed E-state index contributed by atoms with van der Waals surface area (Å²) in [6, 6.07) is 7.78. The molecule has 5 rings (SSSR count). The summed E-state index contributed by atoms with van der Waals surface area (Å²) >= 11 is 0. The van der Waals surface area contributed by atoms with Crippen molar-refractivity contribution in [3.63, 3.8) is 0 Å². The minimum atomic E-state index is -4.53. The van der Waals surface area contributed by atoms with Crippen molar-refractivity contribution >= 4 is 41.6 Å². The van der Waals surface area contributed by atoms with Gasteiger partial charge in [0, 0.05) is 11.1 Å². The lowest BCUT2D eigenvalue weighted by molar-refractivity contribution is 0.450. The molecule has 168 valence electrons. The van der Waals surface area contributed by atoms with Crippen molar-refractivity contribution in [3.8, 4) is 0 Å². The predicted octanol–water partition coefficient (Wildman–Crippen LogP) is 2.55. The predicted molar refractivity (Wildman–Crippen MR) is 113 cm³/mol. The maximum absolute atomic E-state index is 13.4. The average molecular weight is 497 g/mol. The molecule has 0 atom stereocenters. The van der Waals surface area contributed by atoms with Gasteiger partial charge in [0.25, 0.3) is 20.2 Å². The van der Waals surface area contributed by atoms with E-state index in [1.165, 1.54) is 36.4 Å². The first-order valence-electron chi connectivity index (χ1n) is 9.48. The van der Waals surface area contributed by atoms with Crippen LogP contribution in [0.4, 0.5) is 0 Å². The molecule has 0 saturated carbocycles. The van der Waals surface area contributed by atoms with E-state index in [9.17, 15) is 34.4 Å². The molecule has 0 saturated heterocycles. The number of rotatable bonds is 2. The summed E-state index contributed by atoms with van der Waals surface area (Å²) in [7, 11) is -13.0. The van der Waals surface area contributed by atoms with E-state index in [0.29, 0.717) is 24.0 Å². The largest absolute Gasteiger partial charge is 0.454 e. The molecule has 0 radical (unpaired) electrons. The number of allylic oxidation sites excluding steroid dienone is 2. The molecule has 0 aromatic heterocycles. The van der Waals surface area contributed by atoms with Crippen LogP contribution in [0.15, 0.2) is 56.0 Å². The lowest BCUT2D eigenvalue weighted by atomic mass is 9.93. The van der Waals surface area contributed by atoms with Crippen molar-refractivity contribution in [2.45, 2.75) is 35.5 Å². The minimum absolute atomic E-state index is 0.0191. The lowest BCUT2D eigenvalue weighted by Crippen LogP contribution is -2.24. The quantitative estimate of drug-likeness (QED) is 0.597. The third kappa shape index (κ3) is 3.21. The van der Waals surface area contributed by atoms with Crippen molar-refractivity contribution in [3.05, 3.63) is 68.5 Å². The molecule has 3 aliphatic rings. The molecule has 0 fully saturated rings. The van der Waals surface area contributed by atoms with Crippen LogP contribution in [0.25, 0.3) is 11.5 Å². The second kappa shape index (κ2) is 6.75. The van der Waals surface area contributed by atoms with Crippen molar-refractivity contribution in [2.24, 2.45) is 0 Å². The second-order valence-corrected chi connectivity index (χ2v) is 12.5. The Morgan fingerprint density at radius 1 is 0.688 bits per heavy atom. The van der Waals surface area contributed by atoms with Crippen molar-refractivity contribution in [1.82, 2.24) is 0 Å². The summed E-state index contributed by atoms with van der Waals surface area (Å²) in [4.78, 5) is -0.761. The molecule has 2 N–H and O–H groups in total. The SMILES string of the molecule is O=S1(=O)C2=C(OC3=C1CCc1ccc(S(=O)(=O)O)cc13)c1cc(S(=O)(=O)O)ccc1CC2. The van der Waals surface area contributed by atoms with Gasteiger partial charge in [-0.25, -0.2) is 8.42 Å². The average Bonchev–Trinajstić information content (AvgIpc) is 2.71.